The zero-order valence-electron chi connectivity index (χ0n) is 10.3. The third-order valence-electron chi connectivity index (χ3n) is 2.57. The average molecular weight is 202 g/mol. The van der Waals surface area contributed by atoms with Crippen LogP contribution in [-0.4, -0.2) is 51.8 Å². The zero-order valence-corrected chi connectivity index (χ0v) is 10.3. The first kappa shape index (κ1) is 13.9. The van der Waals surface area contributed by atoms with Crippen molar-refractivity contribution in [3.05, 3.63) is 0 Å². The third-order valence-corrected chi connectivity index (χ3v) is 2.57. The van der Waals surface area contributed by atoms with Crippen molar-refractivity contribution in [3.8, 4) is 0 Å². The summed E-state index contributed by atoms with van der Waals surface area (Å²) in [5.74, 6) is 0.685. The minimum absolute atomic E-state index is 0.586. The van der Waals surface area contributed by atoms with Gasteiger partial charge in [0.25, 0.3) is 0 Å². The molecule has 0 aliphatic carbocycles. The molecule has 0 bridgehead atoms. The van der Waals surface area contributed by atoms with E-state index < -0.39 is 0 Å². The van der Waals surface area contributed by atoms with Crippen molar-refractivity contribution in [2.75, 3.05) is 40.9 Å². The molecule has 0 aromatic rings. The summed E-state index contributed by atoms with van der Waals surface area (Å²) in [6.45, 7) is 7.58. The van der Waals surface area contributed by atoms with Gasteiger partial charge >= 0.3 is 0 Å². The summed E-state index contributed by atoms with van der Waals surface area (Å²) < 4.78 is 5.03. The zero-order chi connectivity index (χ0) is 11.0. The van der Waals surface area contributed by atoms with Gasteiger partial charge in [0.15, 0.2) is 0 Å². The molecule has 0 amide bonds. The molecule has 0 spiro atoms. The first-order chi connectivity index (χ1) is 6.61. The molecule has 0 radical (unpaired) electrons. The Morgan fingerprint density at radius 1 is 1.36 bits per heavy atom. The Morgan fingerprint density at radius 3 is 2.43 bits per heavy atom. The van der Waals surface area contributed by atoms with E-state index in [9.17, 15) is 0 Å². The van der Waals surface area contributed by atoms with E-state index in [0.29, 0.717) is 12.0 Å². The molecule has 0 aromatic carbocycles. The molecular formula is C11H26N2O. The number of hydrogen-bond donors (Lipinski definition) is 1. The maximum absolute atomic E-state index is 5.03. The number of methoxy groups -OCH3 is 1. The summed E-state index contributed by atoms with van der Waals surface area (Å²) in [7, 11) is 5.96. The van der Waals surface area contributed by atoms with Crippen LogP contribution in [0.1, 0.15) is 20.3 Å². The van der Waals surface area contributed by atoms with Crippen LogP contribution in [0.25, 0.3) is 0 Å². The topological polar surface area (TPSA) is 24.5 Å². The van der Waals surface area contributed by atoms with Crippen LogP contribution in [0.2, 0.25) is 0 Å². The first-order valence-corrected chi connectivity index (χ1v) is 5.46. The predicted octanol–water partition coefficient (Wildman–Crippen LogP) is 1.20. The van der Waals surface area contributed by atoms with Crippen molar-refractivity contribution in [2.45, 2.75) is 26.3 Å². The van der Waals surface area contributed by atoms with Gasteiger partial charge in [0.1, 0.15) is 0 Å². The van der Waals surface area contributed by atoms with Gasteiger partial charge in [-0.1, -0.05) is 13.8 Å². The number of ether oxygens (including phenoxy) is 1. The molecule has 0 aliphatic heterocycles. The van der Waals surface area contributed by atoms with E-state index in [-0.39, 0.29) is 0 Å². The average Bonchev–Trinajstić information content (AvgIpc) is 2.14. The highest BCUT2D eigenvalue weighted by molar-refractivity contribution is 4.71. The number of nitrogens with one attached hydrogen (secondary N) is 1. The van der Waals surface area contributed by atoms with E-state index >= 15 is 0 Å². The van der Waals surface area contributed by atoms with E-state index in [2.05, 4.69) is 31.1 Å². The van der Waals surface area contributed by atoms with Crippen LogP contribution in [0.15, 0.2) is 0 Å². The standard InChI is InChI=1S/C11H26N2O/c1-10(2)11(12-3)9-13(4)7-6-8-14-5/h10-12H,6-9H2,1-5H3. The van der Waals surface area contributed by atoms with Gasteiger partial charge in [-0.3, -0.25) is 0 Å². The molecule has 0 aromatic heterocycles. The maximum atomic E-state index is 5.03. The van der Waals surface area contributed by atoms with Crippen LogP contribution >= 0.6 is 0 Å². The summed E-state index contributed by atoms with van der Waals surface area (Å²) in [4.78, 5) is 2.36. The van der Waals surface area contributed by atoms with Crippen LogP contribution in [0.5, 0.6) is 0 Å². The highest BCUT2D eigenvalue weighted by Gasteiger charge is 2.12. The molecule has 1 atom stereocenters. The SMILES string of the molecule is CNC(CN(C)CCCOC)C(C)C. The van der Waals surface area contributed by atoms with Gasteiger partial charge in [-0.05, 0) is 26.4 Å². The van der Waals surface area contributed by atoms with Crippen molar-refractivity contribution in [1.82, 2.24) is 10.2 Å². The van der Waals surface area contributed by atoms with Gasteiger partial charge in [-0.15, -0.1) is 0 Å². The van der Waals surface area contributed by atoms with Crippen molar-refractivity contribution in [3.63, 3.8) is 0 Å². The maximum Gasteiger partial charge on any atom is 0.0474 e. The molecular weight excluding hydrogens is 176 g/mol. The van der Waals surface area contributed by atoms with Gasteiger partial charge in [-0.2, -0.15) is 0 Å². The smallest absolute Gasteiger partial charge is 0.0474 e. The fourth-order valence-electron chi connectivity index (χ4n) is 1.54. The second kappa shape index (κ2) is 8.21. The highest BCUT2D eigenvalue weighted by Crippen LogP contribution is 2.02. The second-order valence-electron chi connectivity index (χ2n) is 4.25. The lowest BCUT2D eigenvalue weighted by Gasteiger charge is -2.26. The second-order valence-corrected chi connectivity index (χ2v) is 4.25. The van der Waals surface area contributed by atoms with Gasteiger partial charge in [0.2, 0.25) is 0 Å². The van der Waals surface area contributed by atoms with Crippen LogP contribution in [-0.2, 0) is 4.74 Å². The minimum Gasteiger partial charge on any atom is -0.385 e. The molecule has 0 fully saturated rings. The summed E-state index contributed by atoms with van der Waals surface area (Å²) in [6.07, 6.45) is 1.11. The van der Waals surface area contributed by atoms with Gasteiger partial charge in [0.05, 0.1) is 0 Å². The fraction of sp³-hybridized carbons (Fsp3) is 1.00. The molecule has 0 saturated carbocycles. The molecule has 0 rings (SSSR count). The molecule has 0 aliphatic rings. The van der Waals surface area contributed by atoms with Gasteiger partial charge < -0.3 is 15.0 Å². The summed E-state index contributed by atoms with van der Waals surface area (Å²) in [6, 6.07) is 0.586. The van der Waals surface area contributed by atoms with Crippen LogP contribution in [0, 0.1) is 5.92 Å². The quantitative estimate of drug-likeness (QED) is 0.599. The molecule has 0 heterocycles. The normalized spacial score (nSPS) is 13.9. The van der Waals surface area contributed by atoms with Crippen molar-refractivity contribution < 1.29 is 4.74 Å². The Hall–Kier alpha value is -0.120. The lowest BCUT2D eigenvalue weighted by Crippen LogP contribution is -2.41. The lowest BCUT2D eigenvalue weighted by molar-refractivity contribution is 0.173. The van der Waals surface area contributed by atoms with Crippen LogP contribution < -0.4 is 5.32 Å². The number of hydrogen-bond acceptors (Lipinski definition) is 3. The van der Waals surface area contributed by atoms with Crippen LogP contribution in [0.4, 0.5) is 0 Å². The van der Waals surface area contributed by atoms with Gasteiger partial charge in [-0.25, -0.2) is 0 Å². The first-order valence-electron chi connectivity index (χ1n) is 5.46. The largest absolute Gasteiger partial charge is 0.385 e. The Balaban J connectivity index is 3.62. The Morgan fingerprint density at radius 2 is 2.00 bits per heavy atom. The number of nitrogens with zero attached hydrogens (tertiary/aromatic N) is 1. The molecule has 0 saturated heterocycles. The Bertz CT molecular complexity index is 128. The number of rotatable bonds is 8. The van der Waals surface area contributed by atoms with Gasteiger partial charge in [0, 0.05) is 32.8 Å². The van der Waals surface area contributed by atoms with E-state index in [1.165, 1.54) is 0 Å². The Kier molecular flexibility index (Phi) is 8.14. The van der Waals surface area contributed by atoms with E-state index in [4.69, 9.17) is 4.74 Å². The highest BCUT2D eigenvalue weighted by atomic mass is 16.5. The van der Waals surface area contributed by atoms with E-state index in [0.717, 1.165) is 26.1 Å². The molecule has 86 valence electrons. The van der Waals surface area contributed by atoms with Crippen molar-refractivity contribution in [1.29, 1.82) is 0 Å². The summed E-state index contributed by atoms with van der Waals surface area (Å²) in [5, 5.41) is 3.35. The van der Waals surface area contributed by atoms with Crippen molar-refractivity contribution >= 4 is 0 Å². The van der Waals surface area contributed by atoms with Crippen molar-refractivity contribution in [2.24, 2.45) is 5.92 Å². The van der Waals surface area contributed by atoms with Crippen LogP contribution in [0.3, 0.4) is 0 Å². The molecule has 1 N–H and O–H groups in total. The molecule has 1 unspecified atom stereocenters. The Labute approximate surface area is 88.8 Å². The molecule has 14 heavy (non-hydrogen) atoms. The minimum atomic E-state index is 0.586. The van der Waals surface area contributed by atoms with E-state index in [1.807, 2.05) is 7.05 Å². The monoisotopic (exact) mass is 202 g/mol. The fourth-order valence-corrected chi connectivity index (χ4v) is 1.54. The predicted molar refractivity (Wildman–Crippen MR) is 61.7 cm³/mol. The number of likely N-dealkylation sites (N-methyl/N-ethyl adjacent to an activating group) is 2. The summed E-state index contributed by atoms with van der Waals surface area (Å²) >= 11 is 0. The third kappa shape index (κ3) is 6.35. The molecule has 3 heteroatoms. The summed E-state index contributed by atoms with van der Waals surface area (Å²) in [5.41, 5.74) is 0. The molecule has 3 nitrogen and oxygen atoms in total. The van der Waals surface area contributed by atoms with E-state index in [1.54, 1.807) is 7.11 Å². The lowest BCUT2D eigenvalue weighted by atomic mass is 10.0.